The van der Waals surface area contributed by atoms with Crippen molar-refractivity contribution < 1.29 is 9.53 Å². The van der Waals surface area contributed by atoms with Gasteiger partial charge in [0.15, 0.2) is 0 Å². The highest BCUT2D eigenvalue weighted by Gasteiger charge is 2.12. The molecule has 0 aliphatic rings. The van der Waals surface area contributed by atoms with Gasteiger partial charge in [0.1, 0.15) is 16.4 Å². The number of hydrogen-bond donors (Lipinski definition) is 1. The Morgan fingerprint density at radius 2 is 1.88 bits per heavy atom. The van der Waals surface area contributed by atoms with E-state index in [1.54, 1.807) is 11.8 Å². The third-order valence-electron chi connectivity index (χ3n) is 3.39. The van der Waals surface area contributed by atoms with Gasteiger partial charge < -0.3 is 10.1 Å². The van der Waals surface area contributed by atoms with E-state index in [1.165, 1.54) is 11.3 Å². The van der Waals surface area contributed by atoms with Gasteiger partial charge in [-0.2, -0.15) is 0 Å². The zero-order valence-corrected chi connectivity index (χ0v) is 15.0. The summed E-state index contributed by atoms with van der Waals surface area (Å²) in [5.41, 5.74) is 1.90. The smallest absolute Gasteiger partial charge is 0.266 e. The third-order valence-corrected chi connectivity index (χ3v) is 5.22. The van der Waals surface area contributed by atoms with E-state index < -0.39 is 0 Å². The van der Waals surface area contributed by atoms with E-state index in [1.807, 2.05) is 73.2 Å². The van der Waals surface area contributed by atoms with E-state index in [0.29, 0.717) is 0 Å². The first-order chi connectivity index (χ1) is 11.7. The SMILES string of the molecule is CSc1ccsc1C(=O)Nc1ccc(Oc2cccc(C)c2)cc1. The molecule has 1 aromatic heterocycles. The molecule has 0 fully saturated rings. The van der Waals surface area contributed by atoms with Gasteiger partial charge in [-0.05, 0) is 66.6 Å². The lowest BCUT2D eigenvalue weighted by molar-refractivity contribution is 0.102. The van der Waals surface area contributed by atoms with Crippen molar-refractivity contribution in [2.75, 3.05) is 11.6 Å². The van der Waals surface area contributed by atoms with Crippen LogP contribution in [0.4, 0.5) is 5.69 Å². The number of thiophene rings is 1. The topological polar surface area (TPSA) is 38.3 Å². The minimum atomic E-state index is -0.0818. The number of benzene rings is 2. The minimum absolute atomic E-state index is 0.0818. The second-order valence-electron chi connectivity index (χ2n) is 5.22. The van der Waals surface area contributed by atoms with Gasteiger partial charge >= 0.3 is 0 Å². The van der Waals surface area contributed by atoms with E-state index in [-0.39, 0.29) is 5.91 Å². The molecule has 0 bridgehead atoms. The summed E-state index contributed by atoms with van der Waals surface area (Å²) in [7, 11) is 0. The Hall–Kier alpha value is -2.24. The molecule has 0 saturated heterocycles. The summed E-state index contributed by atoms with van der Waals surface area (Å²) in [5.74, 6) is 1.45. The Morgan fingerprint density at radius 1 is 1.08 bits per heavy atom. The number of aryl methyl sites for hydroxylation is 1. The number of anilines is 1. The normalized spacial score (nSPS) is 10.4. The molecule has 0 spiro atoms. The largest absolute Gasteiger partial charge is 0.457 e. The van der Waals surface area contributed by atoms with Crippen molar-refractivity contribution in [2.45, 2.75) is 11.8 Å². The third kappa shape index (κ3) is 3.99. The summed E-state index contributed by atoms with van der Waals surface area (Å²) in [4.78, 5) is 14.1. The monoisotopic (exact) mass is 355 g/mol. The number of carbonyl (C=O) groups is 1. The van der Waals surface area contributed by atoms with Gasteiger partial charge in [-0.15, -0.1) is 23.1 Å². The van der Waals surface area contributed by atoms with Crippen molar-refractivity contribution >= 4 is 34.7 Å². The fraction of sp³-hybridized carbons (Fsp3) is 0.105. The summed E-state index contributed by atoms with van der Waals surface area (Å²) >= 11 is 3.03. The number of carbonyl (C=O) groups excluding carboxylic acids is 1. The first-order valence-corrected chi connectivity index (χ1v) is 9.53. The molecule has 1 amide bonds. The van der Waals surface area contributed by atoms with Crippen LogP contribution in [0, 0.1) is 6.92 Å². The van der Waals surface area contributed by atoms with Crippen molar-refractivity contribution in [3.05, 3.63) is 70.4 Å². The van der Waals surface area contributed by atoms with Crippen LogP contribution >= 0.6 is 23.1 Å². The van der Waals surface area contributed by atoms with E-state index in [0.717, 1.165) is 32.5 Å². The molecule has 24 heavy (non-hydrogen) atoms. The summed E-state index contributed by atoms with van der Waals surface area (Å²) in [5, 5.41) is 4.85. The van der Waals surface area contributed by atoms with Crippen molar-refractivity contribution in [1.82, 2.24) is 0 Å². The molecule has 0 aliphatic heterocycles. The number of thioether (sulfide) groups is 1. The van der Waals surface area contributed by atoms with Gasteiger partial charge in [0, 0.05) is 10.6 Å². The standard InChI is InChI=1S/C19H17NO2S2/c1-13-4-3-5-16(12-13)22-15-8-6-14(7-9-15)20-19(21)18-17(23-2)10-11-24-18/h3-12H,1-2H3,(H,20,21). The van der Waals surface area contributed by atoms with E-state index in [4.69, 9.17) is 4.74 Å². The highest BCUT2D eigenvalue weighted by molar-refractivity contribution is 7.98. The fourth-order valence-corrected chi connectivity index (χ4v) is 3.88. The Labute approximate surface area is 149 Å². The van der Waals surface area contributed by atoms with E-state index in [9.17, 15) is 4.79 Å². The Morgan fingerprint density at radius 3 is 2.58 bits per heavy atom. The van der Waals surface area contributed by atoms with Crippen LogP contribution < -0.4 is 10.1 Å². The molecular weight excluding hydrogens is 338 g/mol. The lowest BCUT2D eigenvalue weighted by Crippen LogP contribution is -2.10. The Bertz CT molecular complexity index is 841. The van der Waals surface area contributed by atoms with Crippen molar-refractivity contribution in [3.8, 4) is 11.5 Å². The zero-order chi connectivity index (χ0) is 16.9. The summed E-state index contributed by atoms with van der Waals surface area (Å²) in [6.45, 7) is 2.03. The molecule has 3 nitrogen and oxygen atoms in total. The molecule has 2 aromatic carbocycles. The molecule has 3 rings (SSSR count). The molecule has 0 atom stereocenters. The maximum atomic E-state index is 12.3. The van der Waals surface area contributed by atoms with Crippen LogP contribution in [0.1, 0.15) is 15.2 Å². The molecule has 1 N–H and O–H groups in total. The average molecular weight is 355 g/mol. The Kier molecular flexibility index (Phi) is 5.23. The number of rotatable bonds is 5. The molecule has 0 radical (unpaired) electrons. The molecule has 3 aromatic rings. The molecule has 1 heterocycles. The molecule has 122 valence electrons. The van der Waals surface area contributed by atoms with Crippen molar-refractivity contribution in [2.24, 2.45) is 0 Å². The van der Waals surface area contributed by atoms with Gasteiger partial charge in [-0.25, -0.2) is 0 Å². The average Bonchev–Trinajstić information content (AvgIpc) is 3.05. The molecule has 0 saturated carbocycles. The fourth-order valence-electron chi connectivity index (χ4n) is 2.23. The number of hydrogen-bond acceptors (Lipinski definition) is 4. The van der Waals surface area contributed by atoms with Crippen LogP contribution in [0.25, 0.3) is 0 Å². The van der Waals surface area contributed by atoms with Crippen LogP contribution in [0.2, 0.25) is 0 Å². The maximum absolute atomic E-state index is 12.3. The first kappa shape index (κ1) is 16.6. The maximum Gasteiger partial charge on any atom is 0.266 e. The van der Waals surface area contributed by atoms with Gasteiger partial charge in [-0.1, -0.05) is 12.1 Å². The van der Waals surface area contributed by atoms with E-state index in [2.05, 4.69) is 5.32 Å². The number of amides is 1. The van der Waals surface area contributed by atoms with E-state index >= 15 is 0 Å². The zero-order valence-electron chi connectivity index (χ0n) is 13.4. The van der Waals surface area contributed by atoms with Gasteiger partial charge in [0.2, 0.25) is 0 Å². The summed E-state index contributed by atoms with van der Waals surface area (Å²) in [6.07, 6.45) is 1.97. The van der Waals surface area contributed by atoms with Crippen molar-refractivity contribution in [1.29, 1.82) is 0 Å². The number of ether oxygens (including phenoxy) is 1. The number of nitrogens with one attached hydrogen (secondary N) is 1. The van der Waals surface area contributed by atoms with Crippen molar-refractivity contribution in [3.63, 3.8) is 0 Å². The van der Waals surface area contributed by atoms with Gasteiger partial charge in [0.05, 0.1) is 0 Å². The quantitative estimate of drug-likeness (QED) is 0.586. The van der Waals surface area contributed by atoms with Crippen LogP contribution in [-0.4, -0.2) is 12.2 Å². The second kappa shape index (κ2) is 7.55. The molecular formula is C19H17NO2S2. The Balaban J connectivity index is 1.67. The van der Waals surface area contributed by atoms with Gasteiger partial charge in [-0.3, -0.25) is 4.79 Å². The first-order valence-electron chi connectivity index (χ1n) is 7.43. The molecule has 0 unspecified atom stereocenters. The lowest BCUT2D eigenvalue weighted by atomic mass is 10.2. The van der Waals surface area contributed by atoms with Crippen LogP contribution in [0.5, 0.6) is 11.5 Å². The van der Waals surface area contributed by atoms with Crippen LogP contribution in [0.3, 0.4) is 0 Å². The molecule has 0 aliphatic carbocycles. The highest BCUT2D eigenvalue weighted by Crippen LogP contribution is 2.27. The molecule has 5 heteroatoms. The minimum Gasteiger partial charge on any atom is -0.457 e. The summed E-state index contributed by atoms with van der Waals surface area (Å²) < 4.78 is 5.81. The highest BCUT2D eigenvalue weighted by atomic mass is 32.2. The van der Waals surface area contributed by atoms with Crippen LogP contribution in [-0.2, 0) is 0 Å². The van der Waals surface area contributed by atoms with Crippen LogP contribution in [0.15, 0.2) is 64.9 Å². The predicted octanol–water partition coefficient (Wildman–Crippen LogP) is 5.82. The van der Waals surface area contributed by atoms with Gasteiger partial charge in [0.25, 0.3) is 5.91 Å². The second-order valence-corrected chi connectivity index (χ2v) is 6.98. The predicted molar refractivity (Wildman–Crippen MR) is 102 cm³/mol. The summed E-state index contributed by atoms with van der Waals surface area (Å²) in [6, 6.07) is 17.2. The lowest BCUT2D eigenvalue weighted by Gasteiger charge is -2.08.